The number of carbonyl (C=O) groups excluding carboxylic acids is 1. The number of allylic oxidation sites excluding steroid dienone is 1. The molecule has 1 atom stereocenters. The van der Waals surface area contributed by atoms with Crippen molar-refractivity contribution in [2.45, 2.75) is 19.9 Å². The molecule has 1 aromatic rings. The average molecular weight is 220 g/mol. The van der Waals surface area contributed by atoms with Crippen molar-refractivity contribution in [1.29, 1.82) is 0 Å². The summed E-state index contributed by atoms with van der Waals surface area (Å²) in [6.45, 7) is 3.79. The fourth-order valence-corrected chi connectivity index (χ4v) is 1.75. The van der Waals surface area contributed by atoms with Gasteiger partial charge in [0.05, 0.1) is 6.04 Å². The van der Waals surface area contributed by atoms with E-state index in [1.165, 1.54) is 12.1 Å². The van der Waals surface area contributed by atoms with Gasteiger partial charge < -0.3 is 10.6 Å². The highest BCUT2D eigenvalue weighted by atomic mass is 19.1. The highest BCUT2D eigenvalue weighted by Crippen LogP contribution is 2.25. The van der Waals surface area contributed by atoms with Crippen LogP contribution in [0.3, 0.4) is 0 Å². The topological polar surface area (TPSA) is 41.1 Å². The van der Waals surface area contributed by atoms with Gasteiger partial charge in [-0.05, 0) is 37.1 Å². The Kier molecular flexibility index (Phi) is 2.64. The van der Waals surface area contributed by atoms with Crippen LogP contribution in [0.4, 0.5) is 9.18 Å². The van der Waals surface area contributed by atoms with Crippen LogP contribution >= 0.6 is 0 Å². The van der Waals surface area contributed by atoms with Crippen LogP contribution in [0.15, 0.2) is 35.5 Å². The third-order valence-corrected chi connectivity index (χ3v) is 2.80. The van der Waals surface area contributed by atoms with E-state index in [0.717, 1.165) is 16.8 Å². The molecular weight excluding hydrogens is 207 g/mol. The second-order valence-corrected chi connectivity index (χ2v) is 3.89. The Bertz CT molecular complexity index is 451. The molecule has 1 aromatic carbocycles. The summed E-state index contributed by atoms with van der Waals surface area (Å²) in [5, 5.41) is 5.50. The molecule has 0 aromatic heterocycles. The smallest absolute Gasteiger partial charge is 0.319 e. The van der Waals surface area contributed by atoms with Crippen molar-refractivity contribution in [3.8, 4) is 0 Å². The van der Waals surface area contributed by atoms with Crippen molar-refractivity contribution in [3.05, 3.63) is 46.9 Å². The number of hydrogen-bond donors (Lipinski definition) is 2. The van der Waals surface area contributed by atoms with Gasteiger partial charge in [-0.25, -0.2) is 9.18 Å². The molecule has 0 saturated carbocycles. The molecule has 0 radical (unpaired) electrons. The third-order valence-electron chi connectivity index (χ3n) is 2.80. The largest absolute Gasteiger partial charge is 0.327 e. The number of urea groups is 1. The van der Waals surface area contributed by atoms with Crippen LogP contribution in [-0.4, -0.2) is 6.03 Å². The molecule has 2 amide bonds. The van der Waals surface area contributed by atoms with Crippen molar-refractivity contribution < 1.29 is 9.18 Å². The number of nitrogens with one attached hydrogen (secondary N) is 2. The molecule has 84 valence electrons. The summed E-state index contributed by atoms with van der Waals surface area (Å²) in [5.74, 6) is -0.276. The Morgan fingerprint density at radius 3 is 2.44 bits per heavy atom. The molecule has 0 saturated heterocycles. The van der Waals surface area contributed by atoms with Gasteiger partial charge in [-0.1, -0.05) is 12.1 Å². The lowest BCUT2D eigenvalue weighted by atomic mass is 9.97. The monoisotopic (exact) mass is 220 g/mol. The average Bonchev–Trinajstić information content (AvgIpc) is 2.25. The predicted octanol–water partition coefficient (Wildman–Crippen LogP) is 2.47. The number of halogens is 1. The molecular formula is C12H13FN2O. The number of hydrogen-bond acceptors (Lipinski definition) is 1. The van der Waals surface area contributed by atoms with E-state index in [2.05, 4.69) is 10.6 Å². The molecule has 16 heavy (non-hydrogen) atoms. The quantitative estimate of drug-likeness (QED) is 0.750. The Morgan fingerprint density at radius 1 is 1.19 bits per heavy atom. The van der Waals surface area contributed by atoms with E-state index in [-0.39, 0.29) is 17.9 Å². The fraction of sp³-hybridized carbons (Fsp3) is 0.250. The number of carbonyl (C=O) groups is 1. The molecule has 3 nitrogen and oxygen atoms in total. The predicted molar refractivity (Wildman–Crippen MR) is 59.2 cm³/mol. The van der Waals surface area contributed by atoms with E-state index in [1.54, 1.807) is 12.1 Å². The molecule has 4 heteroatoms. The summed E-state index contributed by atoms with van der Waals surface area (Å²) in [6, 6.07) is 5.76. The summed E-state index contributed by atoms with van der Waals surface area (Å²) < 4.78 is 12.8. The van der Waals surface area contributed by atoms with E-state index in [0.29, 0.717) is 0 Å². The van der Waals surface area contributed by atoms with Crippen molar-refractivity contribution in [2.24, 2.45) is 0 Å². The van der Waals surface area contributed by atoms with Gasteiger partial charge in [0.1, 0.15) is 5.82 Å². The zero-order valence-corrected chi connectivity index (χ0v) is 9.17. The Labute approximate surface area is 93.4 Å². The molecule has 2 N–H and O–H groups in total. The van der Waals surface area contributed by atoms with Gasteiger partial charge in [-0.2, -0.15) is 0 Å². The van der Waals surface area contributed by atoms with Gasteiger partial charge in [0.25, 0.3) is 0 Å². The highest BCUT2D eigenvalue weighted by Gasteiger charge is 2.22. The summed E-state index contributed by atoms with van der Waals surface area (Å²) in [7, 11) is 0. The van der Waals surface area contributed by atoms with Gasteiger partial charge in [-0.15, -0.1) is 0 Å². The van der Waals surface area contributed by atoms with Crippen LogP contribution in [0, 0.1) is 5.82 Å². The first-order valence-electron chi connectivity index (χ1n) is 5.08. The van der Waals surface area contributed by atoms with Gasteiger partial charge >= 0.3 is 6.03 Å². The van der Waals surface area contributed by atoms with E-state index in [1.807, 2.05) is 13.8 Å². The van der Waals surface area contributed by atoms with Gasteiger partial charge in [0, 0.05) is 5.70 Å². The van der Waals surface area contributed by atoms with Crippen LogP contribution in [0.5, 0.6) is 0 Å². The Morgan fingerprint density at radius 2 is 1.81 bits per heavy atom. The Balaban J connectivity index is 2.36. The maximum absolute atomic E-state index is 12.8. The minimum Gasteiger partial charge on any atom is -0.327 e. The first-order chi connectivity index (χ1) is 7.58. The molecule has 1 unspecified atom stereocenters. The lowest BCUT2D eigenvalue weighted by Crippen LogP contribution is -2.42. The minimum atomic E-state index is -0.276. The molecule has 0 fully saturated rings. The normalized spacial score (nSPS) is 20.4. The molecule has 1 heterocycles. The number of rotatable bonds is 1. The van der Waals surface area contributed by atoms with Crippen molar-refractivity contribution >= 4 is 6.03 Å². The molecule has 1 aliphatic heterocycles. The summed E-state index contributed by atoms with van der Waals surface area (Å²) in [4.78, 5) is 11.3. The van der Waals surface area contributed by atoms with E-state index >= 15 is 0 Å². The summed E-state index contributed by atoms with van der Waals surface area (Å²) in [6.07, 6.45) is 0. The van der Waals surface area contributed by atoms with E-state index in [9.17, 15) is 9.18 Å². The molecule has 2 rings (SSSR count). The Hall–Kier alpha value is -1.84. The van der Waals surface area contributed by atoms with Crippen LogP contribution in [0.1, 0.15) is 25.5 Å². The van der Waals surface area contributed by atoms with Crippen molar-refractivity contribution in [1.82, 2.24) is 10.6 Å². The lowest BCUT2D eigenvalue weighted by Gasteiger charge is -2.27. The van der Waals surface area contributed by atoms with Crippen LogP contribution in [0.2, 0.25) is 0 Å². The van der Waals surface area contributed by atoms with Gasteiger partial charge in [0.15, 0.2) is 0 Å². The summed E-state index contributed by atoms with van der Waals surface area (Å²) in [5.41, 5.74) is 2.76. The second-order valence-electron chi connectivity index (χ2n) is 3.89. The van der Waals surface area contributed by atoms with Gasteiger partial charge in [0.2, 0.25) is 0 Å². The number of benzene rings is 1. The van der Waals surface area contributed by atoms with Crippen LogP contribution < -0.4 is 10.6 Å². The van der Waals surface area contributed by atoms with Crippen LogP contribution in [0.25, 0.3) is 0 Å². The van der Waals surface area contributed by atoms with E-state index < -0.39 is 0 Å². The van der Waals surface area contributed by atoms with Crippen molar-refractivity contribution in [3.63, 3.8) is 0 Å². The highest BCUT2D eigenvalue weighted by molar-refractivity contribution is 5.78. The maximum atomic E-state index is 12.8. The van der Waals surface area contributed by atoms with Gasteiger partial charge in [-0.3, -0.25) is 0 Å². The molecule has 0 aliphatic carbocycles. The SMILES string of the molecule is CC1=C(C)C(c2ccc(F)cc2)NC(=O)N1. The zero-order valence-electron chi connectivity index (χ0n) is 9.17. The lowest BCUT2D eigenvalue weighted by molar-refractivity contribution is 0.238. The third kappa shape index (κ3) is 1.91. The minimum absolute atomic E-state index is 0.172. The van der Waals surface area contributed by atoms with Crippen molar-refractivity contribution in [2.75, 3.05) is 0 Å². The first-order valence-corrected chi connectivity index (χ1v) is 5.08. The molecule has 0 bridgehead atoms. The number of amides is 2. The van der Waals surface area contributed by atoms with E-state index in [4.69, 9.17) is 0 Å². The standard InChI is InChI=1S/C12H13FN2O/c1-7-8(2)14-12(16)15-11(7)9-3-5-10(13)6-4-9/h3-6,11H,1-2H3,(H2,14,15,16). The molecule has 0 spiro atoms. The maximum Gasteiger partial charge on any atom is 0.319 e. The summed E-state index contributed by atoms with van der Waals surface area (Å²) >= 11 is 0. The first kappa shape index (κ1) is 10.7. The van der Waals surface area contributed by atoms with Crippen LogP contribution in [-0.2, 0) is 0 Å². The fourth-order valence-electron chi connectivity index (χ4n) is 1.75. The zero-order chi connectivity index (χ0) is 11.7. The molecule has 1 aliphatic rings. The second kappa shape index (κ2) is 3.96.